The van der Waals surface area contributed by atoms with Gasteiger partial charge in [-0.1, -0.05) is 6.92 Å². The maximum Gasteiger partial charge on any atom is 0.306 e. The Morgan fingerprint density at radius 3 is 2.00 bits per heavy atom. The molecule has 0 radical (unpaired) electrons. The number of hydrogen-bond donors (Lipinski definition) is 1. The molecule has 0 aromatic heterocycles. The standard InChI is InChI=1S/C15H26N2O4/c1-4-9-17(10-13(18)16(2)3)14(19)11-5-7-12(8-6-11)15(20)21/h11-12H,4-10H2,1-3H3,(H,20,21). The Morgan fingerprint density at radius 2 is 1.57 bits per heavy atom. The first-order valence-corrected chi connectivity index (χ1v) is 7.58. The summed E-state index contributed by atoms with van der Waals surface area (Å²) < 4.78 is 0. The zero-order valence-electron chi connectivity index (χ0n) is 13.2. The lowest BCUT2D eigenvalue weighted by atomic mass is 9.81. The van der Waals surface area contributed by atoms with Crippen LogP contribution in [-0.4, -0.2) is 59.9 Å². The van der Waals surface area contributed by atoms with Gasteiger partial charge < -0.3 is 14.9 Å². The Balaban J connectivity index is 2.61. The fourth-order valence-corrected chi connectivity index (χ4v) is 2.69. The van der Waals surface area contributed by atoms with Crippen LogP contribution in [0.5, 0.6) is 0 Å². The average molecular weight is 298 g/mol. The van der Waals surface area contributed by atoms with E-state index in [4.69, 9.17) is 5.11 Å². The van der Waals surface area contributed by atoms with Gasteiger partial charge in [-0.15, -0.1) is 0 Å². The maximum atomic E-state index is 12.5. The van der Waals surface area contributed by atoms with Gasteiger partial charge in [0.1, 0.15) is 0 Å². The van der Waals surface area contributed by atoms with E-state index in [0.29, 0.717) is 32.2 Å². The second-order valence-corrected chi connectivity index (χ2v) is 5.93. The molecule has 0 saturated heterocycles. The van der Waals surface area contributed by atoms with Gasteiger partial charge in [0.2, 0.25) is 11.8 Å². The van der Waals surface area contributed by atoms with Gasteiger partial charge in [-0.2, -0.15) is 0 Å². The van der Waals surface area contributed by atoms with Crippen molar-refractivity contribution in [3.63, 3.8) is 0 Å². The second kappa shape index (κ2) is 8.00. The van der Waals surface area contributed by atoms with Crippen LogP contribution < -0.4 is 0 Å². The summed E-state index contributed by atoms with van der Waals surface area (Å²) in [6.45, 7) is 2.65. The molecule has 1 N–H and O–H groups in total. The molecule has 0 atom stereocenters. The lowest BCUT2D eigenvalue weighted by molar-refractivity contribution is -0.146. The van der Waals surface area contributed by atoms with Crippen molar-refractivity contribution in [1.82, 2.24) is 9.80 Å². The topological polar surface area (TPSA) is 77.9 Å². The maximum absolute atomic E-state index is 12.5. The highest BCUT2D eigenvalue weighted by atomic mass is 16.4. The van der Waals surface area contributed by atoms with Gasteiger partial charge in [0.15, 0.2) is 0 Å². The molecule has 0 aliphatic heterocycles. The average Bonchev–Trinajstić information content (AvgIpc) is 2.45. The number of carbonyl (C=O) groups is 3. The van der Waals surface area contributed by atoms with Crippen LogP contribution in [0, 0.1) is 11.8 Å². The van der Waals surface area contributed by atoms with E-state index in [9.17, 15) is 14.4 Å². The first-order valence-electron chi connectivity index (χ1n) is 7.58. The van der Waals surface area contributed by atoms with E-state index in [0.717, 1.165) is 6.42 Å². The monoisotopic (exact) mass is 298 g/mol. The van der Waals surface area contributed by atoms with Crippen molar-refractivity contribution in [2.24, 2.45) is 11.8 Å². The number of aliphatic carboxylic acids is 1. The normalized spacial score (nSPS) is 21.7. The number of carboxylic acid groups (broad SMARTS) is 1. The van der Waals surface area contributed by atoms with E-state index in [2.05, 4.69) is 0 Å². The zero-order chi connectivity index (χ0) is 16.0. The molecule has 6 nitrogen and oxygen atoms in total. The Hall–Kier alpha value is -1.59. The van der Waals surface area contributed by atoms with Crippen LogP contribution in [0.4, 0.5) is 0 Å². The van der Waals surface area contributed by atoms with Crippen LogP contribution in [-0.2, 0) is 14.4 Å². The van der Waals surface area contributed by atoms with E-state index in [1.807, 2.05) is 6.92 Å². The number of amides is 2. The molecule has 2 amide bonds. The van der Waals surface area contributed by atoms with Gasteiger partial charge >= 0.3 is 5.97 Å². The number of rotatable bonds is 6. The SMILES string of the molecule is CCCN(CC(=O)N(C)C)C(=O)C1CCC(C(=O)O)CC1. The Bertz CT molecular complexity index is 387. The van der Waals surface area contributed by atoms with Crippen LogP contribution in [0.1, 0.15) is 39.0 Å². The van der Waals surface area contributed by atoms with E-state index < -0.39 is 5.97 Å². The highest BCUT2D eigenvalue weighted by molar-refractivity contribution is 5.86. The predicted molar refractivity (Wildman–Crippen MR) is 78.6 cm³/mol. The summed E-state index contributed by atoms with van der Waals surface area (Å²) in [5.41, 5.74) is 0. The molecule has 0 aromatic carbocycles. The molecule has 0 heterocycles. The summed E-state index contributed by atoms with van der Waals surface area (Å²) in [7, 11) is 3.35. The molecule has 0 spiro atoms. The largest absolute Gasteiger partial charge is 0.481 e. The summed E-state index contributed by atoms with van der Waals surface area (Å²) >= 11 is 0. The van der Waals surface area contributed by atoms with E-state index in [-0.39, 0.29) is 30.2 Å². The molecule has 6 heteroatoms. The number of carboxylic acids is 1. The fraction of sp³-hybridized carbons (Fsp3) is 0.800. The van der Waals surface area contributed by atoms with Gasteiger partial charge in [-0.25, -0.2) is 0 Å². The van der Waals surface area contributed by atoms with Crippen molar-refractivity contribution in [3.05, 3.63) is 0 Å². The van der Waals surface area contributed by atoms with Crippen molar-refractivity contribution in [1.29, 1.82) is 0 Å². The minimum Gasteiger partial charge on any atom is -0.481 e. The summed E-state index contributed by atoms with van der Waals surface area (Å²) in [4.78, 5) is 38.4. The van der Waals surface area contributed by atoms with Crippen molar-refractivity contribution in [2.45, 2.75) is 39.0 Å². The van der Waals surface area contributed by atoms with Crippen LogP contribution in [0.3, 0.4) is 0 Å². The lowest BCUT2D eigenvalue weighted by Crippen LogP contribution is -2.44. The van der Waals surface area contributed by atoms with Crippen molar-refractivity contribution in [2.75, 3.05) is 27.2 Å². The van der Waals surface area contributed by atoms with E-state index >= 15 is 0 Å². The third-order valence-corrected chi connectivity index (χ3v) is 4.06. The predicted octanol–water partition coefficient (Wildman–Crippen LogP) is 1.20. The molecule has 1 rings (SSSR count). The molecule has 1 aliphatic carbocycles. The fourth-order valence-electron chi connectivity index (χ4n) is 2.69. The van der Waals surface area contributed by atoms with Crippen LogP contribution in [0.2, 0.25) is 0 Å². The van der Waals surface area contributed by atoms with Gasteiger partial charge in [-0.3, -0.25) is 14.4 Å². The summed E-state index contributed by atoms with van der Waals surface area (Å²) in [6.07, 6.45) is 3.11. The number of likely N-dealkylation sites (N-methyl/N-ethyl adjacent to an activating group) is 1. The second-order valence-electron chi connectivity index (χ2n) is 5.93. The molecule has 0 bridgehead atoms. The molecule has 1 aliphatic rings. The van der Waals surface area contributed by atoms with Crippen molar-refractivity contribution in [3.8, 4) is 0 Å². The number of hydrogen-bond acceptors (Lipinski definition) is 3. The summed E-state index contributed by atoms with van der Waals surface area (Å²) in [5, 5.41) is 8.99. The van der Waals surface area contributed by atoms with Crippen LogP contribution in [0.25, 0.3) is 0 Å². The molecule has 0 unspecified atom stereocenters. The van der Waals surface area contributed by atoms with Gasteiger partial charge in [0.05, 0.1) is 12.5 Å². The summed E-state index contributed by atoms with van der Waals surface area (Å²) in [6, 6.07) is 0. The highest BCUT2D eigenvalue weighted by Gasteiger charge is 2.32. The van der Waals surface area contributed by atoms with E-state index in [1.165, 1.54) is 4.90 Å². The Morgan fingerprint density at radius 1 is 1.05 bits per heavy atom. The van der Waals surface area contributed by atoms with Gasteiger partial charge in [0, 0.05) is 26.6 Å². The first kappa shape index (κ1) is 17.5. The van der Waals surface area contributed by atoms with Crippen molar-refractivity contribution < 1.29 is 19.5 Å². The van der Waals surface area contributed by atoms with E-state index in [1.54, 1.807) is 19.0 Å². The Labute approximate surface area is 126 Å². The molecule has 0 aromatic rings. The van der Waals surface area contributed by atoms with Gasteiger partial charge in [-0.05, 0) is 32.1 Å². The molecule has 21 heavy (non-hydrogen) atoms. The van der Waals surface area contributed by atoms with Crippen LogP contribution >= 0.6 is 0 Å². The molecule has 1 fully saturated rings. The molecule has 120 valence electrons. The third-order valence-electron chi connectivity index (χ3n) is 4.06. The van der Waals surface area contributed by atoms with Crippen LogP contribution in [0.15, 0.2) is 0 Å². The highest BCUT2D eigenvalue weighted by Crippen LogP contribution is 2.30. The molecule has 1 saturated carbocycles. The zero-order valence-corrected chi connectivity index (χ0v) is 13.2. The molecular formula is C15H26N2O4. The smallest absolute Gasteiger partial charge is 0.306 e. The molecular weight excluding hydrogens is 272 g/mol. The third kappa shape index (κ3) is 5.02. The minimum atomic E-state index is -0.769. The number of nitrogens with zero attached hydrogens (tertiary/aromatic N) is 2. The first-order chi connectivity index (χ1) is 9.86. The number of carbonyl (C=O) groups excluding carboxylic acids is 2. The van der Waals surface area contributed by atoms with Gasteiger partial charge in [0.25, 0.3) is 0 Å². The lowest BCUT2D eigenvalue weighted by Gasteiger charge is -2.31. The summed E-state index contributed by atoms with van der Waals surface area (Å²) in [5.74, 6) is -1.32. The quantitative estimate of drug-likeness (QED) is 0.799. The van der Waals surface area contributed by atoms with Crippen molar-refractivity contribution >= 4 is 17.8 Å². The minimum absolute atomic E-state index is 0.00381. The Kier molecular flexibility index (Phi) is 6.65.